The summed E-state index contributed by atoms with van der Waals surface area (Å²) in [5.74, 6) is 1.41. The minimum atomic E-state index is 0.249. The lowest BCUT2D eigenvalue weighted by molar-refractivity contribution is 0.308. The molecule has 232 valence electrons. The van der Waals surface area contributed by atoms with Crippen molar-refractivity contribution in [3.63, 3.8) is 0 Å². The highest BCUT2D eigenvalue weighted by Gasteiger charge is 2.26. The van der Waals surface area contributed by atoms with Crippen LogP contribution in [-0.4, -0.2) is 35.4 Å². The Morgan fingerprint density at radius 1 is 1.02 bits per heavy atom. The van der Waals surface area contributed by atoms with E-state index >= 15 is 0 Å². The van der Waals surface area contributed by atoms with E-state index in [1.165, 1.54) is 0 Å². The van der Waals surface area contributed by atoms with Gasteiger partial charge in [0.05, 0.1) is 23.6 Å². The van der Waals surface area contributed by atoms with Crippen molar-refractivity contribution in [3.05, 3.63) is 120 Å². The maximum Gasteiger partial charge on any atom is 0.241 e. The molecule has 0 spiro atoms. The lowest BCUT2D eigenvalue weighted by atomic mass is 10.0. The van der Waals surface area contributed by atoms with Gasteiger partial charge in [0.2, 0.25) is 5.88 Å². The number of fused-ring (bicyclic) bond motifs is 4. The zero-order valence-corrected chi connectivity index (χ0v) is 25.9. The summed E-state index contributed by atoms with van der Waals surface area (Å²) >= 11 is 0. The van der Waals surface area contributed by atoms with Crippen molar-refractivity contribution in [3.8, 4) is 17.3 Å². The van der Waals surface area contributed by atoms with Gasteiger partial charge in [-0.25, -0.2) is 4.98 Å². The Kier molecular flexibility index (Phi) is 8.76. The number of rotatable bonds is 13. The molecule has 4 heterocycles. The number of hydrogen-bond acceptors (Lipinski definition) is 8. The molecule has 2 atom stereocenters. The van der Waals surface area contributed by atoms with Gasteiger partial charge in [0.25, 0.3) is 0 Å². The van der Waals surface area contributed by atoms with Gasteiger partial charge in [-0.3, -0.25) is 4.99 Å². The van der Waals surface area contributed by atoms with E-state index in [1.54, 1.807) is 0 Å². The molecular formula is C38H38N6O2. The van der Waals surface area contributed by atoms with Crippen LogP contribution in [0.4, 0.5) is 5.69 Å². The number of ether oxygens (including phenoxy) is 1. The number of nitrogens with zero attached hydrogens (tertiary/aromatic N) is 3. The average Bonchev–Trinajstić information content (AvgIpc) is 3.70. The van der Waals surface area contributed by atoms with Crippen LogP contribution in [0.1, 0.15) is 31.7 Å². The smallest absolute Gasteiger partial charge is 0.241 e. The van der Waals surface area contributed by atoms with Crippen LogP contribution in [0.2, 0.25) is 0 Å². The van der Waals surface area contributed by atoms with Gasteiger partial charge in [0.15, 0.2) is 5.82 Å². The molecule has 5 aromatic rings. The highest BCUT2D eigenvalue weighted by Crippen LogP contribution is 2.30. The third-order valence-corrected chi connectivity index (χ3v) is 8.30. The van der Waals surface area contributed by atoms with E-state index < -0.39 is 0 Å². The van der Waals surface area contributed by atoms with Gasteiger partial charge in [0, 0.05) is 47.8 Å². The molecule has 8 nitrogen and oxygen atoms in total. The summed E-state index contributed by atoms with van der Waals surface area (Å²) in [5, 5.41) is 13.0. The van der Waals surface area contributed by atoms with Crippen molar-refractivity contribution < 1.29 is 9.15 Å². The van der Waals surface area contributed by atoms with Gasteiger partial charge < -0.3 is 25.1 Å². The molecule has 2 unspecified atom stereocenters. The Bertz CT molecular complexity index is 1940. The molecule has 0 aliphatic carbocycles. The molecule has 0 radical (unpaired) electrons. The van der Waals surface area contributed by atoms with Gasteiger partial charge in [-0.1, -0.05) is 74.0 Å². The summed E-state index contributed by atoms with van der Waals surface area (Å²) in [4.78, 5) is 13.8. The summed E-state index contributed by atoms with van der Waals surface area (Å²) < 4.78 is 12.4. The van der Waals surface area contributed by atoms with E-state index in [4.69, 9.17) is 14.1 Å². The van der Waals surface area contributed by atoms with Crippen LogP contribution in [-0.2, 0) is 6.54 Å². The molecule has 0 bridgehead atoms. The number of hydrogen-bond donors (Lipinski definition) is 3. The van der Waals surface area contributed by atoms with Gasteiger partial charge in [-0.15, -0.1) is 0 Å². The average molecular weight is 611 g/mol. The van der Waals surface area contributed by atoms with Crippen molar-refractivity contribution in [1.29, 1.82) is 0 Å². The number of anilines is 1. The lowest BCUT2D eigenvalue weighted by Gasteiger charge is -2.18. The molecule has 0 fully saturated rings. The molecule has 7 rings (SSSR count). The molecule has 8 heteroatoms. The summed E-state index contributed by atoms with van der Waals surface area (Å²) in [6, 6.07) is 24.6. The summed E-state index contributed by atoms with van der Waals surface area (Å²) in [6.07, 6.45) is 15.6. The highest BCUT2D eigenvalue weighted by atomic mass is 16.5. The monoisotopic (exact) mass is 610 g/mol. The van der Waals surface area contributed by atoms with Crippen LogP contribution in [0, 0.1) is 5.92 Å². The van der Waals surface area contributed by atoms with E-state index in [-0.39, 0.29) is 12.0 Å². The molecule has 0 saturated carbocycles. The van der Waals surface area contributed by atoms with E-state index in [1.807, 2.05) is 73.2 Å². The second kappa shape index (κ2) is 13.7. The second-order valence-electron chi connectivity index (χ2n) is 11.6. The molecule has 0 saturated heterocycles. The van der Waals surface area contributed by atoms with Gasteiger partial charge >= 0.3 is 0 Å². The van der Waals surface area contributed by atoms with Crippen molar-refractivity contribution >= 4 is 33.8 Å². The molecule has 3 aromatic carbocycles. The van der Waals surface area contributed by atoms with E-state index in [9.17, 15) is 0 Å². The molecular weight excluding hydrogens is 572 g/mol. The Morgan fingerprint density at radius 2 is 1.89 bits per heavy atom. The lowest BCUT2D eigenvalue weighted by Crippen LogP contribution is -2.31. The van der Waals surface area contributed by atoms with Crippen LogP contribution in [0.15, 0.2) is 124 Å². The number of furan rings is 1. The molecule has 2 aliphatic heterocycles. The first-order valence-electron chi connectivity index (χ1n) is 16.1. The third kappa shape index (κ3) is 6.52. The SMILES string of the molecule is CCCC/C=C(\NCCOc1nc(-c2ccccc2)ncc1NCc1ccc2oc3ccccc3c2c1)C1=CC2C=NC=CC2N1. The molecule has 3 N–H and O–H groups in total. The zero-order chi connectivity index (χ0) is 31.1. The van der Waals surface area contributed by atoms with Crippen molar-refractivity contribution in [2.75, 3.05) is 18.5 Å². The number of unbranched alkanes of at least 4 members (excludes halogenated alkanes) is 2. The first kappa shape index (κ1) is 29.3. The standard InChI is InChI=1S/C38H38N6O2/c1-2-3-5-13-32(33-22-28-24-39-18-17-31(28)43-33)40-19-20-45-38-34(25-42-37(44-38)27-10-6-4-7-11-27)41-23-26-15-16-36-30(21-26)29-12-8-9-14-35(29)46-36/h4,6-18,21-22,24-25,28,31,40-41,43H,2-3,5,19-20,23H2,1H3/b32-13-. The molecule has 2 aliphatic rings. The summed E-state index contributed by atoms with van der Waals surface area (Å²) in [6.45, 7) is 3.85. The van der Waals surface area contributed by atoms with Crippen molar-refractivity contribution in [2.45, 2.75) is 38.8 Å². The molecule has 0 amide bonds. The number of aromatic nitrogens is 2. The first-order chi connectivity index (χ1) is 22.7. The van der Waals surface area contributed by atoms with Gasteiger partial charge in [-0.2, -0.15) is 4.98 Å². The second-order valence-corrected chi connectivity index (χ2v) is 11.6. The maximum atomic E-state index is 6.35. The van der Waals surface area contributed by atoms with Gasteiger partial charge in [0.1, 0.15) is 23.5 Å². The Balaban J connectivity index is 1.06. The summed E-state index contributed by atoms with van der Waals surface area (Å²) in [5.41, 5.74) is 6.79. The number of nitrogens with one attached hydrogen (secondary N) is 3. The van der Waals surface area contributed by atoms with E-state index in [0.717, 1.165) is 69.4 Å². The molecule has 2 aromatic heterocycles. The highest BCUT2D eigenvalue weighted by molar-refractivity contribution is 6.05. The Hall–Kier alpha value is -5.37. The quantitative estimate of drug-likeness (QED) is 0.117. The fourth-order valence-corrected chi connectivity index (χ4v) is 5.86. The van der Waals surface area contributed by atoms with E-state index in [0.29, 0.717) is 31.4 Å². The van der Waals surface area contributed by atoms with Gasteiger partial charge in [-0.05, 0) is 48.8 Å². The molecule has 46 heavy (non-hydrogen) atoms. The predicted molar refractivity (Wildman–Crippen MR) is 186 cm³/mol. The van der Waals surface area contributed by atoms with Crippen molar-refractivity contribution in [2.24, 2.45) is 10.9 Å². The number of aliphatic imine (C=N–C) groups is 1. The van der Waals surface area contributed by atoms with Crippen LogP contribution in [0.25, 0.3) is 33.3 Å². The van der Waals surface area contributed by atoms with Crippen molar-refractivity contribution in [1.82, 2.24) is 20.6 Å². The largest absolute Gasteiger partial charge is 0.474 e. The van der Waals surface area contributed by atoms with E-state index in [2.05, 4.69) is 69.3 Å². The van der Waals surface area contributed by atoms with Crippen LogP contribution < -0.4 is 20.7 Å². The predicted octanol–water partition coefficient (Wildman–Crippen LogP) is 7.77. The first-order valence-corrected chi connectivity index (χ1v) is 16.1. The Labute approximate surface area is 269 Å². The minimum absolute atomic E-state index is 0.249. The fraction of sp³-hybridized carbons (Fsp3) is 0.237. The normalized spacial score (nSPS) is 17.2. The van der Waals surface area contributed by atoms with Crippen LogP contribution >= 0.6 is 0 Å². The number of benzene rings is 3. The Morgan fingerprint density at radius 3 is 2.78 bits per heavy atom. The topological polar surface area (TPSA) is 96.6 Å². The fourth-order valence-electron chi connectivity index (χ4n) is 5.86. The number of allylic oxidation sites excluding steroid dienone is 1. The maximum absolute atomic E-state index is 6.35. The zero-order valence-electron chi connectivity index (χ0n) is 25.9. The van der Waals surface area contributed by atoms with Crippen LogP contribution in [0.3, 0.4) is 0 Å². The van der Waals surface area contributed by atoms with Crippen LogP contribution in [0.5, 0.6) is 5.88 Å². The third-order valence-electron chi connectivity index (χ3n) is 8.30. The minimum Gasteiger partial charge on any atom is -0.474 e. The number of para-hydroxylation sites is 1. The summed E-state index contributed by atoms with van der Waals surface area (Å²) in [7, 11) is 0.